The normalized spacial score (nSPS) is 10.5. The van der Waals surface area contributed by atoms with E-state index in [4.69, 9.17) is 21.1 Å². The van der Waals surface area contributed by atoms with Gasteiger partial charge in [0.05, 0.1) is 7.11 Å². The maximum Gasteiger partial charge on any atom is 0.257 e. The van der Waals surface area contributed by atoms with Crippen LogP contribution in [0.5, 0.6) is 11.5 Å². The molecule has 25 heavy (non-hydrogen) atoms. The molecular formula is C19H18ClNO4. The summed E-state index contributed by atoms with van der Waals surface area (Å²) in [5, 5.41) is 3.06. The number of nitrogens with one attached hydrogen (secondary N) is 1. The lowest BCUT2D eigenvalue weighted by molar-refractivity contribution is -0.122. The molecule has 1 amide bonds. The molecule has 2 rings (SSSR count). The summed E-state index contributed by atoms with van der Waals surface area (Å²) < 4.78 is 10.7. The number of benzene rings is 2. The number of allylic oxidation sites excluding steroid dienone is 1. The zero-order chi connectivity index (χ0) is 18.2. The number of hydrogen-bond donors (Lipinski definition) is 1. The lowest BCUT2D eigenvalue weighted by Crippen LogP contribution is -2.24. The van der Waals surface area contributed by atoms with E-state index in [0.717, 1.165) is 5.56 Å². The van der Waals surface area contributed by atoms with Gasteiger partial charge in [-0.2, -0.15) is 0 Å². The number of carbonyl (C=O) groups is 2. The Bertz CT molecular complexity index is 785. The van der Waals surface area contributed by atoms with Crippen molar-refractivity contribution in [2.45, 2.75) is 0 Å². The van der Waals surface area contributed by atoms with Crippen LogP contribution in [0.25, 0.3) is 6.08 Å². The van der Waals surface area contributed by atoms with Crippen LogP contribution in [-0.4, -0.2) is 32.5 Å². The Labute approximate surface area is 151 Å². The fraction of sp³-hybridized carbons (Fsp3) is 0.158. The number of carbonyl (C=O) groups excluding carboxylic acids is 2. The van der Waals surface area contributed by atoms with Crippen LogP contribution in [-0.2, 0) is 4.79 Å². The predicted molar refractivity (Wildman–Crippen MR) is 97.4 cm³/mol. The summed E-state index contributed by atoms with van der Waals surface area (Å²) in [5.74, 6) is 0.562. The van der Waals surface area contributed by atoms with E-state index in [0.29, 0.717) is 22.1 Å². The number of halogens is 1. The third-order valence-electron chi connectivity index (χ3n) is 3.38. The van der Waals surface area contributed by atoms with Crippen LogP contribution in [0.1, 0.15) is 15.9 Å². The zero-order valence-corrected chi connectivity index (χ0v) is 14.7. The standard InChI is InChI=1S/C19H18ClNO4/c1-21-19(23)12-25-17-10-4-13(11-18(17)24-2)3-9-16(22)14-5-7-15(20)8-6-14/h3-11H,12H2,1-2H3,(H,21,23)/b9-3+. The van der Waals surface area contributed by atoms with Crippen molar-refractivity contribution < 1.29 is 19.1 Å². The van der Waals surface area contributed by atoms with Crippen LogP contribution in [0.2, 0.25) is 5.02 Å². The van der Waals surface area contributed by atoms with E-state index in [2.05, 4.69) is 5.32 Å². The number of ketones is 1. The van der Waals surface area contributed by atoms with E-state index >= 15 is 0 Å². The van der Waals surface area contributed by atoms with Crippen molar-refractivity contribution in [3.63, 3.8) is 0 Å². The van der Waals surface area contributed by atoms with Gasteiger partial charge in [0.2, 0.25) is 0 Å². The lowest BCUT2D eigenvalue weighted by Gasteiger charge is -2.10. The topological polar surface area (TPSA) is 64.6 Å². The van der Waals surface area contributed by atoms with E-state index in [1.54, 1.807) is 48.5 Å². The third kappa shape index (κ3) is 5.36. The Morgan fingerprint density at radius 3 is 2.48 bits per heavy atom. The minimum atomic E-state index is -0.236. The molecule has 6 heteroatoms. The number of methoxy groups -OCH3 is 1. The highest BCUT2D eigenvalue weighted by Crippen LogP contribution is 2.28. The molecule has 0 aliphatic heterocycles. The molecule has 2 aromatic carbocycles. The molecule has 0 radical (unpaired) electrons. The number of likely N-dealkylation sites (N-methyl/N-ethyl adjacent to an activating group) is 1. The lowest BCUT2D eigenvalue weighted by atomic mass is 10.1. The van der Waals surface area contributed by atoms with Crippen LogP contribution in [0.4, 0.5) is 0 Å². The van der Waals surface area contributed by atoms with E-state index in [9.17, 15) is 9.59 Å². The Kier molecular flexibility index (Phi) is 6.60. The number of hydrogen-bond acceptors (Lipinski definition) is 4. The van der Waals surface area contributed by atoms with Crippen molar-refractivity contribution in [3.05, 3.63) is 64.7 Å². The first-order valence-corrected chi connectivity index (χ1v) is 7.90. The molecule has 0 fully saturated rings. The van der Waals surface area contributed by atoms with Crippen molar-refractivity contribution in [2.24, 2.45) is 0 Å². The second kappa shape index (κ2) is 8.89. The van der Waals surface area contributed by atoms with Gasteiger partial charge in [0.15, 0.2) is 23.9 Å². The van der Waals surface area contributed by atoms with Crippen molar-refractivity contribution in [1.29, 1.82) is 0 Å². The molecule has 0 aliphatic rings. The summed E-state index contributed by atoms with van der Waals surface area (Å²) in [6.45, 7) is -0.100. The molecule has 0 saturated heterocycles. The van der Waals surface area contributed by atoms with E-state index < -0.39 is 0 Å². The van der Waals surface area contributed by atoms with E-state index in [1.807, 2.05) is 0 Å². The highest BCUT2D eigenvalue weighted by Gasteiger charge is 2.07. The quantitative estimate of drug-likeness (QED) is 0.608. The van der Waals surface area contributed by atoms with Crippen LogP contribution < -0.4 is 14.8 Å². The zero-order valence-electron chi connectivity index (χ0n) is 13.9. The summed E-state index contributed by atoms with van der Waals surface area (Å²) in [5.41, 5.74) is 1.32. The Morgan fingerprint density at radius 1 is 1.12 bits per heavy atom. The average molecular weight is 360 g/mol. The largest absolute Gasteiger partial charge is 0.493 e. The SMILES string of the molecule is CNC(=O)COc1ccc(/C=C/C(=O)c2ccc(Cl)cc2)cc1OC. The van der Waals surface area contributed by atoms with Crippen molar-refractivity contribution in [2.75, 3.05) is 20.8 Å². The number of rotatable bonds is 7. The number of ether oxygens (including phenoxy) is 2. The van der Waals surface area contributed by atoms with Gasteiger partial charge in [0.25, 0.3) is 5.91 Å². The smallest absolute Gasteiger partial charge is 0.257 e. The van der Waals surface area contributed by atoms with Crippen LogP contribution in [0.3, 0.4) is 0 Å². The summed E-state index contributed by atoms with van der Waals surface area (Å²) in [7, 11) is 3.04. The fourth-order valence-electron chi connectivity index (χ4n) is 2.00. The molecule has 0 heterocycles. The maximum absolute atomic E-state index is 12.1. The highest BCUT2D eigenvalue weighted by atomic mass is 35.5. The van der Waals surface area contributed by atoms with E-state index in [1.165, 1.54) is 20.2 Å². The van der Waals surface area contributed by atoms with E-state index in [-0.39, 0.29) is 18.3 Å². The molecule has 0 aliphatic carbocycles. The third-order valence-corrected chi connectivity index (χ3v) is 3.63. The first-order chi connectivity index (χ1) is 12.0. The average Bonchev–Trinajstić information content (AvgIpc) is 2.64. The van der Waals surface area contributed by atoms with Crippen LogP contribution in [0, 0.1) is 0 Å². The molecule has 1 N–H and O–H groups in total. The van der Waals surface area contributed by atoms with Crippen LogP contribution >= 0.6 is 11.6 Å². The summed E-state index contributed by atoms with van der Waals surface area (Å²) in [6, 6.07) is 11.9. The highest BCUT2D eigenvalue weighted by molar-refractivity contribution is 6.30. The van der Waals surface area contributed by atoms with Crippen molar-refractivity contribution in [3.8, 4) is 11.5 Å². The Hall–Kier alpha value is -2.79. The molecule has 0 bridgehead atoms. The fourth-order valence-corrected chi connectivity index (χ4v) is 2.13. The first kappa shape index (κ1) is 18.5. The molecule has 0 aromatic heterocycles. The van der Waals surface area contributed by atoms with Crippen molar-refractivity contribution in [1.82, 2.24) is 5.32 Å². The van der Waals surface area contributed by atoms with Gasteiger partial charge < -0.3 is 14.8 Å². The van der Waals surface area contributed by atoms with Gasteiger partial charge in [0, 0.05) is 17.6 Å². The monoisotopic (exact) mass is 359 g/mol. The van der Waals surface area contributed by atoms with Gasteiger partial charge in [-0.15, -0.1) is 0 Å². The van der Waals surface area contributed by atoms with Gasteiger partial charge in [-0.25, -0.2) is 0 Å². The van der Waals surface area contributed by atoms with Crippen LogP contribution in [0.15, 0.2) is 48.5 Å². The molecule has 0 saturated carbocycles. The van der Waals surface area contributed by atoms with Gasteiger partial charge in [-0.3, -0.25) is 9.59 Å². The predicted octanol–water partition coefficient (Wildman–Crippen LogP) is 3.37. The molecule has 0 atom stereocenters. The summed E-state index contributed by atoms with van der Waals surface area (Å²) in [6.07, 6.45) is 3.16. The van der Waals surface area contributed by atoms with Gasteiger partial charge in [-0.1, -0.05) is 23.7 Å². The summed E-state index contributed by atoms with van der Waals surface area (Å²) in [4.78, 5) is 23.4. The van der Waals surface area contributed by atoms with Crippen molar-refractivity contribution >= 4 is 29.4 Å². The second-order valence-electron chi connectivity index (χ2n) is 5.08. The maximum atomic E-state index is 12.1. The molecule has 2 aromatic rings. The molecule has 0 spiro atoms. The van der Waals surface area contributed by atoms with Gasteiger partial charge in [0.1, 0.15) is 0 Å². The molecule has 130 valence electrons. The first-order valence-electron chi connectivity index (χ1n) is 7.53. The second-order valence-corrected chi connectivity index (χ2v) is 5.51. The van der Waals surface area contributed by atoms with Gasteiger partial charge >= 0.3 is 0 Å². The molecular weight excluding hydrogens is 342 g/mol. The minimum Gasteiger partial charge on any atom is -0.493 e. The van der Waals surface area contributed by atoms with Gasteiger partial charge in [-0.05, 0) is 48.0 Å². The molecule has 0 unspecified atom stereocenters. The number of amides is 1. The molecule has 5 nitrogen and oxygen atoms in total. The minimum absolute atomic E-state index is 0.100. The Balaban J connectivity index is 2.10. The Morgan fingerprint density at radius 2 is 1.84 bits per heavy atom. The summed E-state index contributed by atoms with van der Waals surface area (Å²) >= 11 is 5.81.